The minimum Gasteiger partial charge on any atom is -0.383 e. The first-order chi connectivity index (χ1) is 13.1. The fourth-order valence-electron chi connectivity index (χ4n) is 3.36. The maximum atomic E-state index is 12.4. The fourth-order valence-corrected chi connectivity index (χ4v) is 3.77. The van der Waals surface area contributed by atoms with Crippen LogP contribution >= 0.6 is 11.8 Å². The second-order valence-electron chi connectivity index (χ2n) is 6.56. The van der Waals surface area contributed by atoms with Gasteiger partial charge in [-0.05, 0) is 49.4 Å². The van der Waals surface area contributed by atoms with Crippen molar-refractivity contribution in [3.05, 3.63) is 52.4 Å². The van der Waals surface area contributed by atoms with Crippen LogP contribution in [0.15, 0.2) is 51.2 Å². The molecule has 0 spiro atoms. The third-order valence-electron chi connectivity index (χ3n) is 4.81. The lowest BCUT2D eigenvalue weighted by Crippen LogP contribution is -2.34. The first-order valence-corrected chi connectivity index (χ1v) is 10.2. The van der Waals surface area contributed by atoms with E-state index in [1.54, 1.807) is 24.0 Å². The van der Waals surface area contributed by atoms with E-state index in [0.29, 0.717) is 16.9 Å². The maximum absolute atomic E-state index is 12.4. The largest absolute Gasteiger partial charge is 0.383 e. The third kappa shape index (κ3) is 4.52. The van der Waals surface area contributed by atoms with Gasteiger partial charge < -0.3 is 16.0 Å². The Balaban J connectivity index is 1.91. The van der Waals surface area contributed by atoms with Gasteiger partial charge in [0.15, 0.2) is 0 Å². The normalized spacial score (nSPS) is 20.1. The van der Waals surface area contributed by atoms with Crippen LogP contribution in [0.25, 0.3) is 0 Å². The number of anilines is 1. The van der Waals surface area contributed by atoms with Gasteiger partial charge >= 0.3 is 0 Å². The number of amidine groups is 1. The van der Waals surface area contributed by atoms with Crippen LogP contribution in [0, 0.1) is 17.2 Å². The number of rotatable bonds is 5. The van der Waals surface area contributed by atoms with Crippen molar-refractivity contribution in [3.8, 4) is 6.07 Å². The van der Waals surface area contributed by atoms with E-state index in [1.165, 1.54) is 0 Å². The van der Waals surface area contributed by atoms with Gasteiger partial charge in [-0.3, -0.25) is 4.79 Å². The summed E-state index contributed by atoms with van der Waals surface area (Å²) >= 11 is 1.65. The van der Waals surface area contributed by atoms with E-state index in [-0.39, 0.29) is 23.4 Å². The van der Waals surface area contributed by atoms with Gasteiger partial charge in [-0.15, -0.1) is 11.8 Å². The number of nitrogens with zero attached hydrogens (tertiary/aromatic N) is 2. The predicted octanol–water partition coefficient (Wildman–Crippen LogP) is 3.63. The zero-order valence-electron chi connectivity index (χ0n) is 15.2. The SMILES string of the molecule is CSc1ccc(N=C(N)c2c(NC3CCCCC3C#N)cc[nH]c2=O)cc1. The Morgan fingerprint density at radius 1 is 1.30 bits per heavy atom. The molecule has 0 aliphatic heterocycles. The topological polar surface area (TPSA) is 107 Å². The average Bonchev–Trinajstić information content (AvgIpc) is 2.69. The number of aromatic amines is 1. The lowest BCUT2D eigenvalue weighted by Gasteiger charge is -2.29. The molecule has 140 valence electrons. The molecule has 1 heterocycles. The van der Waals surface area contributed by atoms with Gasteiger partial charge in [0.2, 0.25) is 0 Å². The third-order valence-corrected chi connectivity index (χ3v) is 5.56. The molecule has 0 saturated heterocycles. The first kappa shape index (κ1) is 19.1. The molecule has 1 aliphatic carbocycles. The standard InChI is InChI=1S/C20H23N5OS/c1-27-15-8-6-14(7-9-15)24-19(22)18-17(10-11-23-20(18)26)25-16-5-3-2-4-13(16)12-21/h6-11,13,16H,2-5H2,1H3,(H2,22,24)(H2,23,25,26). The van der Waals surface area contributed by atoms with Crippen LogP contribution in [0.2, 0.25) is 0 Å². The van der Waals surface area contributed by atoms with E-state index in [2.05, 4.69) is 21.4 Å². The van der Waals surface area contributed by atoms with Crippen molar-refractivity contribution in [1.82, 2.24) is 4.98 Å². The number of hydrogen-bond acceptors (Lipinski definition) is 5. The molecule has 1 aromatic carbocycles. The van der Waals surface area contributed by atoms with Crippen LogP contribution in [-0.4, -0.2) is 23.1 Å². The predicted molar refractivity (Wildman–Crippen MR) is 111 cm³/mol. The van der Waals surface area contributed by atoms with Crippen LogP contribution in [-0.2, 0) is 0 Å². The molecule has 27 heavy (non-hydrogen) atoms. The molecule has 2 unspecified atom stereocenters. The summed E-state index contributed by atoms with van der Waals surface area (Å²) in [4.78, 5) is 20.7. The molecule has 0 bridgehead atoms. The number of benzene rings is 1. The zero-order chi connectivity index (χ0) is 19.2. The lowest BCUT2D eigenvalue weighted by atomic mass is 9.85. The van der Waals surface area contributed by atoms with Crippen molar-refractivity contribution in [3.63, 3.8) is 0 Å². The Morgan fingerprint density at radius 3 is 2.74 bits per heavy atom. The Hall–Kier alpha value is -2.72. The van der Waals surface area contributed by atoms with Gasteiger partial charge in [-0.2, -0.15) is 5.26 Å². The molecule has 1 aromatic heterocycles. The summed E-state index contributed by atoms with van der Waals surface area (Å²) in [6, 6.07) is 11.8. The highest BCUT2D eigenvalue weighted by atomic mass is 32.2. The quantitative estimate of drug-likeness (QED) is 0.416. The molecule has 7 heteroatoms. The van der Waals surface area contributed by atoms with E-state index in [1.807, 2.05) is 30.5 Å². The molecule has 4 N–H and O–H groups in total. The van der Waals surface area contributed by atoms with E-state index in [4.69, 9.17) is 5.73 Å². The zero-order valence-corrected chi connectivity index (χ0v) is 16.1. The summed E-state index contributed by atoms with van der Waals surface area (Å²) < 4.78 is 0. The van der Waals surface area contributed by atoms with Crippen molar-refractivity contribution in [1.29, 1.82) is 5.26 Å². The van der Waals surface area contributed by atoms with E-state index >= 15 is 0 Å². The van der Waals surface area contributed by atoms with Crippen molar-refractivity contribution >= 4 is 29.0 Å². The van der Waals surface area contributed by atoms with Crippen molar-refractivity contribution in [2.75, 3.05) is 11.6 Å². The number of pyridine rings is 1. The van der Waals surface area contributed by atoms with Gasteiger partial charge in [0.25, 0.3) is 5.56 Å². The monoisotopic (exact) mass is 381 g/mol. The van der Waals surface area contributed by atoms with Crippen LogP contribution in [0.5, 0.6) is 0 Å². The molecule has 1 fully saturated rings. The summed E-state index contributed by atoms with van der Waals surface area (Å²) in [6.07, 6.45) is 7.50. The number of aliphatic imine (C=N–C) groups is 1. The van der Waals surface area contributed by atoms with E-state index in [0.717, 1.165) is 30.6 Å². The van der Waals surface area contributed by atoms with Crippen LogP contribution in [0.4, 0.5) is 11.4 Å². The van der Waals surface area contributed by atoms with Gasteiger partial charge in [-0.1, -0.05) is 12.8 Å². The summed E-state index contributed by atoms with van der Waals surface area (Å²) in [5, 5.41) is 12.8. The fraction of sp³-hybridized carbons (Fsp3) is 0.350. The van der Waals surface area contributed by atoms with Crippen LogP contribution < -0.4 is 16.6 Å². The van der Waals surface area contributed by atoms with Crippen molar-refractivity contribution < 1.29 is 0 Å². The number of hydrogen-bond donors (Lipinski definition) is 3. The summed E-state index contributed by atoms with van der Waals surface area (Å²) in [5.41, 5.74) is 7.51. The number of thioether (sulfide) groups is 1. The minimum atomic E-state index is -0.300. The van der Waals surface area contributed by atoms with E-state index < -0.39 is 0 Å². The van der Waals surface area contributed by atoms with E-state index in [9.17, 15) is 10.1 Å². The molecular weight excluding hydrogens is 358 g/mol. The van der Waals surface area contributed by atoms with Gasteiger partial charge in [0.05, 0.1) is 23.4 Å². The Labute approximate surface area is 162 Å². The molecule has 1 aliphatic rings. The molecule has 6 nitrogen and oxygen atoms in total. The number of nitrogens with one attached hydrogen (secondary N) is 2. The number of aromatic nitrogens is 1. The second kappa shape index (κ2) is 8.78. The molecular formula is C20H23N5OS. The number of nitrogens with two attached hydrogens (primary N) is 1. The summed E-state index contributed by atoms with van der Waals surface area (Å²) in [7, 11) is 0. The van der Waals surface area contributed by atoms with Crippen LogP contribution in [0.3, 0.4) is 0 Å². The summed E-state index contributed by atoms with van der Waals surface area (Å²) in [6.45, 7) is 0. The first-order valence-electron chi connectivity index (χ1n) is 8.99. The highest BCUT2D eigenvalue weighted by Crippen LogP contribution is 2.27. The molecule has 2 atom stereocenters. The van der Waals surface area contributed by atoms with Gasteiger partial charge in [-0.25, -0.2) is 4.99 Å². The smallest absolute Gasteiger partial charge is 0.261 e. The molecule has 0 radical (unpaired) electrons. The molecule has 2 aromatic rings. The van der Waals surface area contributed by atoms with Gasteiger partial charge in [0, 0.05) is 17.1 Å². The Morgan fingerprint density at radius 2 is 2.04 bits per heavy atom. The molecule has 0 amide bonds. The Bertz CT molecular complexity index is 913. The minimum absolute atomic E-state index is 0.0120. The second-order valence-corrected chi connectivity index (χ2v) is 7.44. The average molecular weight is 382 g/mol. The maximum Gasteiger partial charge on any atom is 0.261 e. The summed E-state index contributed by atoms with van der Waals surface area (Å²) in [5.74, 6) is 0.0868. The highest BCUT2D eigenvalue weighted by molar-refractivity contribution is 7.98. The molecule has 3 rings (SSSR count). The van der Waals surface area contributed by atoms with Gasteiger partial charge in [0.1, 0.15) is 11.4 Å². The highest BCUT2D eigenvalue weighted by Gasteiger charge is 2.26. The molecule has 1 saturated carbocycles. The Kier molecular flexibility index (Phi) is 6.20. The van der Waals surface area contributed by atoms with Crippen LogP contribution in [0.1, 0.15) is 31.2 Å². The van der Waals surface area contributed by atoms with Crippen molar-refractivity contribution in [2.24, 2.45) is 16.6 Å². The lowest BCUT2D eigenvalue weighted by molar-refractivity contribution is 0.388. The number of nitriles is 1. The number of H-pyrrole nitrogens is 1. The van der Waals surface area contributed by atoms with Crippen molar-refractivity contribution in [2.45, 2.75) is 36.6 Å².